The van der Waals surface area contributed by atoms with Gasteiger partial charge in [0.05, 0.1) is 40.9 Å². The van der Waals surface area contributed by atoms with Gasteiger partial charge in [0.2, 0.25) is 0 Å². The van der Waals surface area contributed by atoms with Gasteiger partial charge in [0.15, 0.2) is 17.5 Å². The summed E-state index contributed by atoms with van der Waals surface area (Å²) in [7, 11) is 1.60. The quantitative estimate of drug-likeness (QED) is 0.218. The van der Waals surface area contributed by atoms with Crippen molar-refractivity contribution in [2.75, 3.05) is 17.3 Å². The molecule has 202 valence electrons. The number of aliphatic imine (C=N–C) groups is 2. The highest BCUT2D eigenvalue weighted by atomic mass is 79.9. The van der Waals surface area contributed by atoms with E-state index >= 15 is 0 Å². The zero-order valence-electron chi connectivity index (χ0n) is 22.2. The number of benzene rings is 4. The number of hydrogen-bond acceptors (Lipinski definition) is 6. The number of aryl methyl sites for hydroxylation is 1. The van der Waals surface area contributed by atoms with Crippen molar-refractivity contribution in [3.63, 3.8) is 0 Å². The van der Waals surface area contributed by atoms with E-state index in [4.69, 9.17) is 31.4 Å². The van der Waals surface area contributed by atoms with Gasteiger partial charge < -0.3 is 15.0 Å². The molecule has 1 N–H and O–H groups in total. The number of fused-ring (bicyclic) bond motifs is 4. The Balaban J connectivity index is 1.48. The fourth-order valence-electron chi connectivity index (χ4n) is 5.42. The largest absolute Gasteiger partial charge is 0.495 e. The molecule has 5 aromatic rings. The Labute approximate surface area is 250 Å². The monoisotopic (exact) mass is 622 g/mol. The number of aromatic nitrogens is 2. The minimum atomic E-state index is -0.208. The lowest BCUT2D eigenvalue weighted by Crippen LogP contribution is -2.46. The van der Waals surface area contributed by atoms with Gasteiger partial charge in [-0.2, -0.15) is 5.10 Å². The van der Waals surface area contributed by atoms with Gasteiger partial charge in [0.25, 0.3) is 0 Å². The van der Waals surface area contributed by atoms with Crippen molar-refractivity contribution in [1.29, 1.82) is 0 Å². The fourth-order valence-corrected chi connectivity index (χ4v) is 6.09. The standard InChI is InChI=1S/C32H24BrClN6O/c1-19-28-29(20-9-8-10-21(33)17-20)39-26-14-7-6-13-25(26)36-30(35-22-15-16-27(41-2)24(34)18-22)32(39)37-31(28)40(38-19)23-11-4-3-5-12-23/h3-18,29H,1-2H3,(H,35,36)/t29-/m0/s1. The molecule has 0 radical (unpaired) electrons. The van der Waals surface area contributed by atoms with Gasteiger partial charge >= 0.3 is 0 Å². The number of halogens is 2. The number of amidine groups is 2. The van der Waals surface area contributed by atoms with Crippen LogP contribution in [0.25, 0.3) is 5.69 Å². The minimum Gasteiger partial charge on any atom is -0.495 e. The van der Waals surface area contributed by atoms with Crippen molar-refractivity contribution in [3.8, 4) is 11.4 Å². The first-order valence-corrected chi connectivity index (χ1v) is 14.3. The van der Waals surface area contributed by atoms with Crippen molar-refractivity contribution in [2.45, 2.75) is 13.0 Å². The average Bonchev–Trinajstić information content (AvgIpc) is 3.32. The highest BCUT2D eigenvalue weighted by Gasteiger charge is 2.41. The van der Waals surface area contributed by atoms with E-state index < -0.39 is 0 Å². The summed E-state index contributed by atoms with van der Waals surface area (Å²) < 4.78 is 8.27. The molecule has 0 saturated heterocycles. The zero-order valence-corrected chi connectivity index (χ0v) is 24.6. The first kappa shape index (κ1) is 25.6. The maximum atomic E-state index is 6.48. The number of methoxy groups -OCH3 is 1. The highest BCUT2D eigenvalue weighted by molar-refractivity contribution is 9.10. The van der Waals surface area contributed by atoms with Crippen LogP contribution in [0.2, 0.25) is 5.02 Å². The lowest BCUT2D eigenvalue weighted by atomic mass is 9.93. The van der Waals surface area contributed by atoms with Crippen LogP contribution in [-0.2, 0) is 0 Å². The van der Waals surface area contributed by atoms with Crippen molar-refractivity contribution in [1.82, 2.24) is 9.78 Å². The van der Waals surface area contributed by atoms with Crippen LogP contribution in [0, 0.1) is 6.92 Å². The summed E-state index contributed by atoms with van der Waals surface area (Å²) in [6.45, 7) is 2.05. The molecule has 3 heterocycles. The van der Waals surface area contributed by atoms with Crippen LogP contribution in [0.4, 0.5) is 22.9 Å². The van der Waals surface area contributed by atoms with Crippen molar-refractivity contribution in [2.24, 2.45) is 9.98 Å². The Hall–Kier alpha value is -4.40. The summed E-state index contributed by atoms with van der Waals surface area (Å²) in [6, 6.07) is 32.0. The molecular weight excluding hydrogens is 600 g/mol. The molecule has 0 bridgehead atoms. The molecule has 41 heavy (non-hydrogen) atoms. The first-order chi connectivity index (χ1) is 20.0. The first-order valence-electron chi connectivity index (χ1n) is 13.1. The van der Waals surface area contributed by atoms with Crippen LogP contribution in [-0.4, -0.2) is 28.6 Å². The van der Waals surface area contributed by atoms with E-state index in [1.807, 2.05) is 84.4 Å². The van der Waals surface area contributed by atoms with E-state index in [0.29, 0.717) is 22.4 Å². The molecule has 0 unspecified atom stereocenters. The van der Waals surface area contributed by atoms with Gasteiger partial charge in [-0.25, -0.2) is 14.7 Å². The Kier molecular flexibility index (Phi) is 6.37. The summed E-state index contributed by atoms with van der Waals surface area (Å²) in [5.41, 5.74) is 6.57. The van der Waals surface area contributed by atoms with Crippen LogP contribution >= 0.6 is 27.5 Å². The summed E-state index contributed by atoms with van der Waals surface area (Å²) >= 11 is 10.2. The minimum absolute atomic E-state index is 0.208. The maximum Gasteiger partial charge on any atom is 0.179 e. The number of anilines is 2. The Morgan fingerprint density at radius 2 is 1.71 bits per heavy atom. The Morgan fingerprint density at radius 1 is 0.902 bits per heavy atom. The van der Waals surface area contributed by atoms with Gasteiger partial charge in [0.1, 0.15) is 5.75 Å². The molecule has 0 aliphatic carbocycles. The van der Waals surface area contributed by atoms with E-state index in [1.54, 1.807) is 7.11 Å². The fraction of sp³-hybridized carbons (Fsp3) is 0.0938. The van der Waals surface area contributed by atoms with Gasteiger partial charge in [-0.05, 0) is 67.1 Å². The third-order valence-corrected chi connectivity index (χ3v) is 8.01. The van der Waals surface area contributed by atoms with Crippen molar-refractivity contribution in [3.05, 3.63) is 123 Å². The second-order valence-electron chi connectivity index (χ2n) is 9.76. The molecule has 0 spiro atoms. The Bertz CT molecular complexity index is 1870. The predicted molar refractivity (Wildman–Crippen MR) is 169 cm³/mol. The Morgan fingerprint density at radius 3 is 2.49 bits per heavy atom. The maximum absolute atomic E-state index is 6.48. The van der Waals surface area contributed by atoms with Gasteiger partial charge in [0, 0.05) is 15.7 Å². The topological polar surface area (TPSA) is 67.0 Å². The van der Waals surface area contributed by atoms with Crippen molar-refractivity contribution >= 4 is 62.1 Å². The number of ether oxygens (including phenoxy) is 1. The van der Waals surface area contributed by atoms with Gasteiger partial charge in [-0.1, -0.05) is 70.0 Å². The molecule has 4 aromatic carbocycles. The van der Waals surface area contributed by atoms with Crippen molar-refractivity contribution < 1.29 is 4.74 Å². The number of nitrogens with one attached hydrogen (secondary N) is 1. The molecule has 7 nitrogen and oxygen atoms in total. The predicted octanol–water partition coefficient (Wildman–Crippen LogP) is 8.40. The lowest BCUT2D eigenvalue weighted by Gasteiger charge is -2.40. The summed E-state index contributed by atoms with van der Waals surface area (Å²) in [5, 5.41) is 8.99. The zero-order chi connectivity index (χ0) is 28.1. The molecule has 0 amide bonds. The van der Waals surface area contributed by atoms with E-state index in [0.717, 1.165) is 49.9 Å². The SMILES string of the molecule is COc1ccc(NC2=Nc3ccccc3N3C2=Nc2c(c(C)nn2-c2ccccc2)[C@@H]3c2cccc(Br)c2)cc1Cl. The molecule has 0 saturated carbocycles. The molecule has 1 aromatic heterocycles. The van der Waals surface area contributed by atoms with Crippen LogP contribution < -0.4 is 15.0 Å². The second kappa shape index (κ2) is 10.2. The summed E-state index contributed by atoms with van der Waals surface area (Å²) in [6.07, 6.45) is 0. The van der Waals surface area contributed by atoms with Crippen LogP contribution in [0.1, 0.15) is 22.9 Å². The molecule has 1 atom stereocenters. The third kappa shape index (κ3) is 4.40. The number of para-hydroxylation sites is 3. The van der Waals surface area contributed by atoms with Crippen LogP contribution in [0.15, 0.2) is 112 Å². The highest BCUT2D eigenvalue weighted by Crippen LogP contribution is 2.48. The molecule has 7 rings (SSSR count). The normalized spacial score (nSPS) is 15.3. The number of rotatable bonds is 4. The second-order valence-corrected chi connectivity index (χ2v) is 11.1. The van der Waals surface area contributed by atoms with Crippen LogP contribution in [0.3, 0.4) is 0 Å². The van der Waals surface area contributed by atoms with E-state index in [9.17, 15) is 0 Å². The lowest BCUT2D eigenvalue weighted by molar-refractivity contribution is 0.415. The van der Waals surface area contributed by atoms with Gasteiger partial charge in [-0.3, -0.25) is 0 Å². The molecular formula is C32H24BrClN6O. The number of nitrogens with zero attached hydrogens (tertiary/aromatic N) is 5. The van der Waals surface area contributed by atoms with Gasteiger partial charge in [-0.15, -0.1) is 0 Å². The van der Waals surface area contributed by atoms with Crippen LogP contribution in [0.5, 0.6) is 5.75 Å². The molecule has 2 aliphatic rings. The van der Waals surface area contributed by atoms with E-state index in [-0.39, 0.29) is 6.04 Å². The van der Waals surface area contributed by atoms with E-state index in [1.165, 1.54) is 0 Å². The third-order valence-electron chi connectivity index (χ3n) is 7.22. The number of hydrogen-bond donors (Lipinski definition) is 1. The molecule has 0 fully saturated rings. The average molecular weight is 624 g/mol. The molecule has 2 aliphatic heterocycles. The van der Waals surface area contributed by atoms with E-state index in [2.05, 4.69) is 50.4 Å². The summed E-state index contributed by atoms with van der Waals surface area (Å²) in [4.78, 5) is 12.6. The smallest absolute Gasteiger partial charge is 0.179 e. The molecule has 9 heteroatoms. The summed E-state index contributed by atoms with van der Waals surface area (Å²) in [5.74, 6) is 2.66.